The minimum atomic E-state index is -0.112. The Bertz CT molecular complexity index is 827. The van der Waals surface area contributed by atoms with Gasteiger partial charge in [-0.3, -0.25) is 0 Å². The Hall–Kier alpha value is -3.28. The number of carbonyl (C=O) groups is 1. The van der Waals surface area contributed by atoms with Crippen molar-refractivity contribution >= 4 is 6.03 Å². The molecule has 134 valence electrons. The number of nitrogens with zero attached hydrogens (tertiary/aromatic N) is 3. The quantitative estimate of drug-likeness (QED) is 0.742. The summed E-state index contributed by atoms with van der Waals surface area (Å²) in [5, 5.41) is 2.94. The van der Waals surface area contributed by atoms with Crippen LogP contribution in [0.3, 0.4) is 0 Å². The van der Waals surface area contributed by atoms with E-state index in [1.54, 1.807) is 31.6 Å². The highest BCUT2D eigenvalue weighted by Crippen LogP contribution is 2.13. The number of carbonyl (C=O) groups excluding carboxylic acids is 1. The highest BCUT2D eigenvalue weighted by atomic mass is 16.5. The largest absolute Gasteiger partial charge is 0.497 e. The van der Waals surface area contributed by atoms with Gasteiger partial charge in [0.2, 0.25) is 0 Å². The molecular weight excluding hydrogens is 328 g/mol. The average Bonchev–Trinajstić information content (AvgIpc) is 3.22. The first-order valence-corrected chi connectivity index (χ1v) is 8.35. The molecule has 0 aliphatic rings. The van der Waals surface area contributed by atoms with Gasteiger partial charge in [0, 0.05) is 38.2 Å². The Balaban J connectivity index is 1.51. The van der Waals surface area contributed by atoms with E-state index in [2.05, 4.69) is 10.3 Å². The molecule has 1 N–H and O–H groups in total. The van der Waals surface area contributed by atoms with Crippen molar-refractivity contribution in [2.75, 3.05) is 14.2 Å². The zero-order valence-corrected chi connectivity index (χ0v) is 14.9. The number of hydrogen-bond donors (Lipinski definition) is 1. The third kappa shape index (κ3) is 4.42. The molecule has 6 heteroatoms. The van der Waals surface area contributed by atoms with Gasteiger partial charge in [0.05, 0.1) is 13.4 Å². The Kier molecular flexibility index (Phi) is 5.53. The van der Waals surface area contributed by atoms with E-state index in [1.807, 2.05) is 59.3 Å². The molecule has 3 rings (SSSR count). The number of imidazole rings is 1. The van der Waals surface area contributed by atoms with Crippen molar-refractivity contribution in [2.24, 2.45) is 0 Å². The van der Waals surface area contributed by atoms with Gasteiger partial charge >= 0.3 is 6.03 Å². The summed E-state index contributed by atoms with van der Waals surface area (Å²) in [6.45, 7) is 1.02. The second-order valence-electron chi connectivity index (χ2n) is 6.00. The van der Waals surface area contributed by atoms with E-state index >= 15 is 0 Å². The zero-order valence-electron chi connectivity index (χ0n) is 14.9. The van der Waals surface area contributed by atoms with Gasteiger partial charge < -0.3 is 19.5 Å². The van der Waals surface area contributed by atoms with Crippen LogP contribution in [0.25, 0.3) is 5.69 Å². The van der Waals surface area contributed by atoms with Crippen molar-refractivity contribution in [1.82, 2.24) is 19.8 Å². The maximum atomic E-state index is 12.3. The second-order valence-corrected chi connectivity index (χ2v) is 6.00. The number of methoxy groups -OCH3 is 1. The molecule has 2 amide bonds. The van der Waals surface area contributed by atoms with Crippen LogP contribution in [0.15, 0.2) is 67.3 Å². The molecule has 3 aromatic rings. The molecule has 26 heavy (non-hydrogen) atoms. The molecule has 0 spiro atoms. The number of nitrogens with one attached hydrogen (secondary N) is 1. The van der Waals surface area contributed by atoms with Crippen LogP contribution in [0.2, 0.25) is 0 Å². The Morgan fingerprint density at radius 1 is 1.12 bits per heavy atom. The molecule has 1 aromatic heterocycles. The van der Waals surface area contributed by atoms with E-state index in [9.17, 15) is 4.79 Å². The third-order valence-corrected chi connectivity index (χ3v) is 4.11. The first-order valence-electron chi connectivity index (χ1n) is 8.35. The van der Waals surface area contributed by atoms with Crippen molar-refractivity contribution in [3.05, 3.63) is 78.4 Å². The lowest BCUT2D eigenvalue weighted by molar-refractivity contribution is 0.206. The summed E-state index contributed by atoms with van der Waals surface area (Å²) in [5.41, 5.74) is 3.13. The normalized spacial score (nSPS) is 10.4. The number of amides is 2. The van der Waals surface area contributed by atoms with Crippen LogP contribution >= 0.6 is 0 Å². The van der Waals surface area contributed by atoms with Crippen LogP contribution in [-0.2, 0) is 13.1 Å². The van der Waals surface area contributed by atoms with Gasteiger partial charge in [-0.05, 0) is 35.4 Å². The predicted molar refractivity (Wildman–Crippen MR) is 100 cm³/mol. The van der Waals surface area contributed by atoms with Gasteiger partial charge in [0.15, 0.2) is 0 Å². The standard InChI is InChI=1S/C20H22N4O2/c1-23(14-17-5-9-19(26-2)10-6-17)20(25)22-13-16-3-7-18(8-4-16)24-12-11-21-15-24/h3-12,15H,13-14H2,1-2H3,(H,22,25). The zero-order chi connectivity index (χ0) is 18.4. The summed E-state index contributed by atoms with van der Waals surface area (Å²) in [6.07, 6.45) is 5.39. The lowest BCUT2D eigenvalue weighted by atomic mass is 10.2. The number of ether oxygens (including phenoxy) is 1. The lowest BCUT2D eigenvalue weighted by Gasteiger charge is -2.18. The molecule has 0 bridgehead atoms. The molecule has 6 nitrogen and oxygen atoms in total. The van der Waals surface area contributed by atoms with E-state index in [0.29, 0.717) is 13.1 Å². The Labute approximate surface area is 153 Å². The number of rotatable bonds is 6. The first kappa shape index (κ1) is 17.5. The van der Waals surface area contributed by atoms with Crippen molar-refractivity contribution in [3.63, 3.8) is 0 Å². The number of urea groups is 1. The maximum Gasteiger partial charge on any atom is 0.317 e. The molecule has 0 unspecified atom stereocenters. The van der Waals surface area contributed by atoms with Gasteiger partial charge in [0.1, 0.15) is 5.75 Å². The third-order valence-electron chi connectivity index (χ3n) is 4.11. The summed E-state index contributed by atoms with van der Waals surface area (Å²) in [6, 6.07) is 15.6. The Morgan fingerprint density at radius 3 is 2.42 bits per heavy atom. The molecule has 2 aromatic carbocycles. The SMILES string of the molecule is COc1ccc(CN(C)C(=O)NCc2ccc(-n3ccnc3)cc2)cc1. The fourth-order valence-corrected chi connectivity index (χ4v) is 2.59. The van der Waals surface area contributed by atoms with Crippen LogP contribution in [0, 0.1) is 0 Å². The monoisotopic (exact) mass is 350 g/mol. The van der Waals surface area contributed by atoms with Gasteiger partial charge in [-0.1, -0.05) is 24.3 Å². The molecular formula is C20H22N4O2. The average molecular weight is 350 g/mol. The van der Waals surface area contributed by atoms with Gasteiger partial charge in [-0.15, -0.1) is 0 Å². The fourth-order valence-electron chi connectivity index (χ4n) is 2.59. The van der Waals surface area contributed by atoms with Crippen molar-refractivity contribution < 1.29 is 9.53 Å². The van der Waals surface area contributed by atoms with Crippen LogP contribution < -0.4 is 10.1 Å². The topological polar surface area (TPSA) is 59.4 Å². The fraction of sp³-hybridized carbons (Fsp3) is 0.200. The van der Waals surface area contributed by atoms with Crippen molar-refractivity contribution in [2.45, 2.75) is 13.1 Å². The van der Waals surface area contributed by atoms with E-state index < -0.39 is 0 Å². The molecule has 0 saturated carbocycles. The molecule has 1 heterocycles. The summed E-state index contributed by atoms with van der Waals surface area (Å²) < 4.78 is 7.08. The second kappa shape index (κ2) is 8.20. The molecule has 0 radical (unpaired) electrons. The molecule has 0 atom stereocenters. The molecule has 0 fully saturated rings. The summed E-state index contributed by atoms with van der Waals surface area (Å²) in [4.78, 5) is 18.0. The van der Waals surface area contributed by atoms with Crippen LogP contribution in [0.5, 0.6) is 5.75 Å². The number of benzene rings is 2. The summed E-state index contributed by atoms with van der Waals surface area (Å²) in [7, 11) is 3.41. The van der Waals surface area contributed by atoms with E-state index in [-0.39, 0.29) is 6.03 Å². The molecule has 0 saturated heterocycles. The van der Waals surface area contributed by atoms with Crippen molar-refractivity contribution in [3.8, 4) is 11.4 Å². The van der Waals surface area contributed by atoms with E-state index in [0.717, 1.165) is 22.6 Å². The van der Waals surface area contributed by atoms with Crippen molar-refractivity contribution in [1.29, 1.82) is 0 Å². The predicted octanol–water partition coefficient (Wildman–Crippen LogP) is 3.22. The van der Waals surface area contributed by atoms with Crippen LogP contribution in [0.4, 0.5) is 4.79 Å². The first-order chi connectivity index (χ1) is 12.7. The maximum absolute atomic E-state index is 12.3. The van der Waals surface area contributed by atoms with Gasteiger partial charge in [-0.2, -0.15) is 0 Å². The van der Waals surface area contributed by atoms with Gasteiger partial charge in [-0.25, -0.2) is 9.78 Å². The van der Waals surface area contributed by atoms with Crippen LogP contribution in [-0.4, -0.2) is 34.6 Å². The van der Waals surface area contributed by atoms with Gasteiger partial charge in [0.25, 0.3) is 0 Å². The van der Waals surface area contributed by atoms with E-state index in [4.69, 9.17) is 4.74 Å². The minimum absolute atomic E-state index is 0.112. The highest BCUT2D eigenvalue weighted by Gasteiger charge is 2.09. The van der Waals surface area contributed by atoms with Crippen LogP contribution in [0.1, 0.15) is 11.1 Å². The molecule has 0 aliphatic heterocycles. The summed E-state index contributed by atoms with van der Waals surface area (Å²) >= 11 is 0. The number of hydrogen-bond acceptors (Lipinski definition) is 3. The Morgan fingerprint density at radius 2 is 1.81 bits per heavy atom. The smallest absolute Gasteiger partial charge is 0.317 e. The lowest BCUT2D eigenvalue weighted by Crippen LogP contribution is -2.36. The minimum Gasteiger partial charge on any atom is -0.497 e. The summed E-state index contributed by atoms with van der Waals surface area (Å²) in [5.74, 6) is 0.806. The number of aromatic nitrogens is 2. The highest BCUT2D eigenvalue weighted by molar-refractivity contribution is 5.73. The molecule has 0 aliphatic carbocycles. The van der Waals surface area contributed by atoms with E-state index in [1.165, 1.54) is 0 Å².